The maximum absolute atomic E-state index is 5.63. The number of nitrogens with zero attached hydrogens (tertiary/aromatic N) is 2. The number of rotatable bonds is 5. The molecule has 20 heavy (non-hydrogen) atoms. The Labute approximate surface area is 120 Å². The van der Waals surface area contributed by atoms with Crippen molar-refractivity contribution >= 4 is 0 Å². The van der Waals surface area contributed by atoms with Gasteiger partial charge in [0.1, 0.15) is 0 Å². The van der Waals surface area contributed by atoms with Crippen LogP contribution in [0.4, 0.5) is 0 Å². The molecule has 2 atom stereocenters. The molecule has 1 aromatic heterocycles. The van der Waals surface area contributed by atoms with E-state index in [0.29, 0.717) is 5.92 Å². The van der Waals surface area contributed by atoms with Gasteiger partial charge in [-0.2, -0.15) is 4.98 Å². The molecule has 1 N–H and O–H groups in total. The van der Waals surface area contributed by atoms with Gasteiger partial charge in [0.2, 0.25) is 5.89 Å². The third-order valence-corrected chi connectivity index (χ3v) is 4.62. The van der Waals surface area contributed by atoms with Gasteiger partial charge in [0.25, 0.3) is 0 Å². The molecule has 2 aliphatic rings. The first kappa shape index (κ1) is 14.0. The second kappa shape index (κ2) is 6.22. The normalized spacial score (nSPS) is 30.8. The van der Waals surface area contributed by atoms with Crippen LogP contribution in [0.15, 0.2) is 4.52 Å². The zero-order chi connectivity index (χ0) is 13.8. The number of aromatic nitrogens is 2. The van der Waals surface area contributed by atoms with Gasteiger partial charge in [-0.25, -0.2) is 0 Å². The van der Waals surface area contributed by atoms with Crippen molar-refractivity contribution in [1.29, 1.82) is 0 Å². The van der Waals surface area contributed by atoms with Crippen molar-refractivity contribution < 1.29 is 9.26 Å². The lowest BCUT2D eigenvalue weighted by Gasteiger charge is -2.34. The molecule has 0 bridgehead atoms. The molecule has 0 saturated carbocycles. The Balaban J connectivity index is 1.72. The molecule has 2 fully saturated rings. The summed E-state index contributed by atoms with van der Waals surface area (Å²) in [4.78, 5) is 4.71. The summed E-state index contributed by atoms with van der Waals surface area (Å²) >= 11 is 0. The molecule has 2 unspecified atom stereocenters. The number of hydrogen-bond acceptors (Lipinski definition) is 5. The van der Waals surface area contributed by atoms with Crippen LogP contribution in [0.3, 0.4) is 0 Å². The molecule has 3 heterocycles. The highest BCUT2D eigenvalue weighted by Crippen LogP contribution is 2.35. The Hall–Kier alpha value is -0.940. The Morgan fingerprint density at radius 2 is 2.40 bits per heavy atom. The molecular weight excluding hydrogens is 254 g/mol. The zero-order valence-electron chi connectivity index (χ0n) is 12.4. The quantitative estimate of drug-likeness (QED) is 0.894. The maximum atomic E-state index is 5.63. The fourth-order valence-electron chi connectivity index (χ4n) is 3.50. The maximum Gasteiger partial charge on any atom is 0.234 e. The highest BCUT2D eigenvalue weighted by molar-refractivity contribution is 5.08. The second-order valence-electron chi connectivity index (χ2n) is 6.26. The molecule has 0 aliphatic carbocycles. The van der Waals surface area contributed by atoms with E-state index < -0.39 is 0 Å². The Morgan fingerprint density at radius 3 is 3.10 bits per heavy atom. The summed E-state index contributed by atoms with van der Waals surface area (Å²) in [5.41, 5.74) is 0.0599. The molecule has 0 spiro atoms. The predicted octanol–water partition coefficient (Wildman–Crippen LogP) is 2.07. The van der Waals surface area contributed by atoms with E-state index in [1.165, 1.54) is 6.42 Å². The van der Waals surface area contributed by atoms with Crippen molar-refractivity contribution in [3.05, 3.63) is 11.7 Å². The van der Waals surface area contributed by atoms with Gasteiger partial charge in [-0.1, -0.05) is 18.5 Å². The summed E-state index contributed by atoms with van der Waals surface area (Å²) < 4.78 is 11.0. The standard InChI is InChI=1S/C15H25N3O2/c1-2-5-15(6-3-7-16-11-15)14-17-13(18-20-14)9-12-4-8-19-10-12/h12,16H,2-11H2,1H3. The minimum Gasteiger partial charge on any atom is -0.381 e. The molecule has 3 rings (SSSR count). The van der Waals surface area contributed by atoms with Crippen molar-refractivity contribution in [2.75, 3.05) is 26.3 Å². The lowest BCUT2D eigenvalue weighted by molar-refractivity contribution is 0.185. The summed E-state index contributed by atoms with van der Waals surface area (Å²) in [6, 6.07) is 0. The van der Waals surface area contributed by atoms with Crippen LogP contribution in [0, 0.1) is 5.92 Å². The third kappa shape index (κ3) is 2.88. The summed E-state index contributed by atoms with van der Waals surface area (Å²) in [5, 5.41) is 7.71. The lowest BCUT2D eigenvalue weighted by atomic mass is 9.77. The minimum atomic E-state index is 0.0599. The third-order valence-electron chi connectivity index (χ3n) is 4.62. The van der Waals surface area contributed by atoms with Gasteiger partial charge in [-0.3, -0.25) is 0 Å². The van der Waals surface area contributed by atoms with E-state index in [1.54, 1.807) is 0 Å². The van der Waals surface area contributed by atoms with Crippen LogP contribution in [0.25, 0.3) is 0 Å². The fourth-order valence-corrected chi connectivity index (χ4v) is 3.50. The largest absolute Gasteiger partial charge is 0.381 e. The average Bonchev–Trinajstić information content (AvgIpc) is 3.13. The van der Waals surface area contributed by atoms with Crippen molar-refractivity contribution in [3.63, 3.8) is 0 Å². The number of piperidine rings is 1. The van der Waals surface area contributed by atoms with E-state index in [4.69, 9.17) is 14.2 Å². The number of nitrogens with one attached hydrogen (secondary N) is 1. The van der Waals surface area contributed by atoms with E-state index >= 15 is 0 Å². The summed E-state index contributed by atoms with van der Waals surface area (Å²) in [6.07, 6.45) is 6.62. The van der Waals surface area contributed by atoms with Gasteiger partial charge < -0.3 is 14.6 Å². The van der Waals surface area contributed by atoms with Gasteiger partial charge in [0.15, 0.2) is 5.82 Å². The lowest BCUT2D eigenvalue weighted by Crippen LogP contribution is -2.43. The minimum absolute atomic E-state index is 0.0599. The van der Waals surface area contributed by atoms with E-state index in [-0.39, 0.29) is 5.41 Å². The molecule has 112 valence electrons. The Morgan fingerprint density at radius 1 is 1.45 bits per heavy atom. The Kier molecular flexibility index (Phi) is 4.36. The number of ether oxygens (including phenoxy) is 1. The van der Waals surface area contributed by atoms with Crippen molar-refractivity contribution in [1.82, 2.24) is 15.5 Å². The monoisotopic (exact) mass is 279 g/mol. The van der Waals surface area contributed by atoms with Gasteiger partial charge >= 0.3 is 0 Å². The second-order valence-corrected chi connectivity index (χ2v) is 6.26. The molecule has 5 nitrogen and oxygen atoms in total. The summed E-state index contributed by atoms with van der Waals surface area (Å²) in [5.74, 6) is 2.27. The molecular formula is C15H25N3O2. The van der Waals surface area contributed by atoms with Crippen LogP contribution in [0.5, 0.6) is 0 Å². The van der Waals surface area contributed by atoms with E-state index in [2.05, 4.69) is 17.4 Å². The van der Waals surface area contributed by atoms with Gasteiger partial charge in [0, 0.05) is 26.2 Å². The van der Waals surface area contributed by atoms with Crippen LogP contribution in [-0.4, -0.2) is 36.4 Å². The molecule has 2 aliphatic heterocycles. The molecule has 2 saturated heterocycles. The van der Waals surface area contributed by atoms with Gasteiger partial charge in [-0.15, -0.1) is 0 Å². The Bertz CT molecular complexity index is 415. The first-order chi connectivity index (χ1) is 9.82. The van der Waals surface area contributed by atoms with Crippen molar-refractivity contribution in [3.8, 4) is 0 Å². The summed E-state index contributed by atoms with van der Waals surface area (Å²) in [6.45, 7) is 6.01. The average molecular weight is 279 g/mol. The first-order valence-corrected chi connectivity index (χ1v) is 7.94. The topological polar surface area (TPSA) is 60.2 Å². The summed E-state index contributed by atoms with van der Waals surface area (Å²) in [7, 11) is 0. The first-order valence-electron chi connectivity index (χ1n) is 7.94. The van der Waals surface area contributed by atoms with Crippen molar-refractivity contribution in [2.24, 2.45) is 5.92 Å². The number of hydrogen-bond donors (Lipinski definition) is 1. The van der Waals surface area contributed by atoms with Gasteiger partial charge in [0.05, 0.1) is 5.41 Å². The molecule has 0 radical (unpaired) electrons. The van der Waals surface area contributed by atoms with Crippen LogP contribution in [-0.2, 0) is 16.6 Å². The van der Waals surface area contributed by atoms with Crippen LogP contribution < -0.4 is 5.32 Å². The van der Waals surface area contributed by atoms with E-state index in [9.17, 15) is 0 Å². The van der Waals surface area contributed by atoms with Crippen LogP contribution >= 0.6 is 0 Å². The SMILES string of the molecule is CCCC1(c2nc(CC3CCOC3)no2)CCCNC1. The van der Waals surface area contributed by atoms with E-state index in [0.717, 1.165) is 70.1 Å². The molecule has 5 heteroatoms. The van der Waals surface area contributed by atoms with E-state index in [1.807, 2.05) is 0 Å². The van der Waals surface area contributed by atoms with Gasteiger partial charge in [-0.05, 0) is 38.1 Å². The van der Waals surface area contributed by atoms with Crippen LogP contribution in [0.1, 0.15) is 50.7 Å². The van der Waals surface area contributed by atoms with Crippen molar-refractivity contribution in [2.45, 2.75) is 50.9 Å². The highest BCUT2D eigenvalue weighted by Gasteiger charge is 2.38. The highest BCUT2D eigenvalue weighted by atomic mass is 16.5. The molecule has 0 amide bonds. The fraction of sp³-hybridized carbons (Fsp3) is 0.867. The van der Waals surface area contributed by atoms with Crippen LogP contribution in [0.2, 0.25) is 0 Å². The zero-order valence-corrected chi connectivity index (χ0v) is 12.4. The predicted molar refractivity (Wildman–Crippen MR) is 75.6 cm³/mol. The molecule has 1 aromatic rings. The molecule has 0 aromatic carbocycles. The smallest absolute Gasteiger partial charge is 0.234 e.